The minimum Gasteiger partial charge on any atom is -0.390 e. The molecule has 0 rings (SSSR count). The van der Waals surface area contributed by atoms with Crippen molar-refractivity contribution in [2.24, 2.45) is 5.73 Å². The van der Waals surface area contributed by atoms with E-state index in [0.29, 0.717) is 25.9 Å². The highest BCUT2D eigenvalue weighted by Crippen LogP contribution is 2.35. The molecule has 1 atom stereocenters. The zero-order valence-electron chi connectivity index (χ0n) is 8.09. The van der Waals surface area contributed by atoms with E-state index in [0.717, 1.165) is 0 Å². The van der Waals surface area contributed by atoms with Crippen LogP contribution in [0.3, 0.4) is 0 Å². The number of aliphatic hydroxyl groups is 1. The number of unbranched alkanes of at least 4 members (excludes halogenated alkanes) is 1. The molecule has 86 valence electrons. The predicted octanol–water partition coefficient (Wildman–Crippen LogP) is -1.15. The fraction of sp³-hybridized carbons (Fsp3) is 1.00. The lowest BCUT2D eigenvalue weighted by Crippen LogP contribution is -2.33. The molecule has 0 amide bonds. The number of aliphatic hydroxyl groups excluding tert-OH is 1. The third-order valence-corrected chi connectivity index (χ3v) is 2.60. The second-order valence-electron chi connectivity index (χ2n) is 3.19. The second-order valence-corrected chi connectivity index (χ2v) is 4.97. The van der Waals surface area contributed by atoms with Crippen LogP contribution in [0.5, 0.6) is 0 Å². The summed E-state index contributed by atoms with van der Waals surface area (Å²) in [6, 6.07) is 0. The molecule has 0 aromatic carbocycles. The Kier molecular flexibility index (Phi) is 7.35. The molecule has 0 aromatic heterocycles. The van der Waals surface area contributed by atoms with Gasteiger partial charge < -0.3 is 25.9 Å². The maximum atomic E-state index is 10.4. The van der Waals surface area contributed by atoms with Crippen molar-refractivity contribution < 1.29 is 19.5 Å². The summed E-state index contributed by atoms with van der Waals surface area (Å²) < 4.78 is 10.4. The Morgan fingerprint density at radius 2 is 2.00 bits per heavy atom. The highest BCUT2D eigenvalue weighted by Gasteiger charge is 2.10. The average Bonchev–Trinajstić information content (AvgIpc) is 2.08. The highest BCUT2D eigenvalue weighted by molar-refractivity contribution is 7.51. The van der Waals surface area contributed by atoms with Crippen LogP contribution in [0.15, 0.2) is 0 Å². The number of nitrogens with one attached hydrogen (secondary N) is 1. The van der Waals surface area contributed by atoms with Crippen molar-refractivity contribution in [1.82, 2.24) is 5.32 Å². The molecular weight excluding hydrogens is 207 g/mol. The van der Waals surface area contributed by atoms with Crippen LogP contribution in [0.4, 0.5) is 0 Å². The molecule has 1 unspecified atom stereocenters. The van der Waals surface area contributed by atoms with E-state index in [1.165, 1.54) is 0 Å². The molecule has 0 spiro atoms. The van der Waals surface area contributed by atoms with Gasteiger partial charge >= 0.3 is 7.60 Å². The van der Waals surface area contributed by atoms with E-state index in [2.05, 4.69) is 5.32 Å². The largest absolute Gasteiger partial charge is 0.390 e. The van der Waals surface area contributed by atoms with E-state index in [1.807, 2.05) is 0 Å². The Morgan fingerprint density at radius 3 is 2.50 bits per heavy atom. The lowest BCUT2D eigenvalue weighted by molar-refractivity contribution is 0.179. The second kappa shape index (κ2) is 7.34. The van der Waals surface area contributed by atoms with Crippen molar-refractivity contribution in [3.63, 3.8) is 0 Å². The van der Waals surface area contributed by atoms with Gasteiger partial charge in [0.05, 0.1) is 6.10 Å². The molecule has 6 N–H and O–H groups in total. The molecule has 6 nitrogen and oxygen atoms in total. The van der Waals surface area contributed by atoms with Crippen molar-refractivity contribution in [2.75, 3.05) is 25.8 Å². The van der Waals surface area contributed by atoms with E-state index in [9.17, 15) is 4.57 Å². The summed E-state index contributed by atoms with van der Waals surface area (Å²) >= 11 is 0. The summed E-state index contributed by atoms with van der Waals surface area (Å²) in [7, 11) is -3.84. The standard InChI is InChI=1S/C7H19N2O4P/c8-5-7(10)6-9-3-1-2-4-14(11,12)13/h7,9-10H,1-6,8H2,(H2,11,12,13). The molecule has 0 saturated carbocycles. The molecule has 0 aliphatic carbocycles. The molecule has 0 heterocycles. The number of rotatable bonds is 8. The SMILES string of the molecule is NCC(O)CNCCCCP(=O)(O)O. The molecule has 0 bridgehead atoms. The van der Waals surface area contributed by atoms with Gasteiger partial charge in [-0.25, -0.2) is 0 Å². The van der Waals surface area contributed by atoms with Crippen LogP contribution < -0.4 is 11.1 Å². The molecule has 0 saturated heterocycles. The van der Waals surface area contributed by atoms with Gasteiger partial charge in [0.2, 0.25) is 0 Å². The topological polar surface area (TPSA) is 116 Å². The van der Waals surface area contributed by atoms with Crippen molar-refractivity contribution in [2.45, 2.75) is 18.9 Å². The highest BCUT2D eigenvalue weighted by atomic mass is 31.2. The average molecular weight is 226 g/mol. The molecule has 7 heteroatoms. The third-order valence-electron chi connectivity index (χ3n) is 1.70. The van der Waals surface area contributed by atoms with Gasteiger partial charge in [0, 0.05) is 19.3 Å². The van der Waals surface area contributed by atoms with Crippen molar-refractivity contribution in [1.29, 1.82) is 0 Å². The van der Waals surface area contributed by atoms with Gasteiger partial charge in [0.15, 0.2) is 0 Å². The van der Waals surface area contributed by atoms with Crippen LogP contribution in [0, 0.1) is 0 Å². The first kappa shape index (κ1) is 14.0. The molecule has 0 aromatic rings. The summed E-state index contributed by atoms with van der Waals surface area (Å²) in [6.07, 6.45) is 0.545. The van der Waals surface area contributed by atoms with Crippen LogP contribution in [-0.2, 0) is 4.57 Å². The molecule has 14 heavy (non-hydrogen) atoms. The zero-order chi connectivity index (χ0) is 11.0. The smallest absolute Gasteiger partial charge is 0.325 e. The minimum atomic E-state index is -3.84. The fourth-order valence-electron chi connectivity index (χ4n) is 0.920. The summed E-state index contributed by atoms with van der Waals surface area (Å²) in [6.45, 7) is 1.28. The van der Waals surface area contributed by atoms with Gasteiger partial charge in [-0.3, -0.25) is 4.57 Å². The summed E-state index contributed by atoms with van der Waals surface area (Å²) in [5, 5.41) is 12.0. The van der Waals surface area contributed by atoms with Crippen LogP contribution in [0.1, 0.15) is 12.8 Å². The fourth-order valence-corrected chi connectivity index (χ4v) is 1.56. The molecule has 0 aliphatic heterocycles. The molecule has 0 fully saturated rings. The molecular formula is C7H19N2O4P. The van der Waals surface area contributed by atoms with Crippen LogP contribution in [0.2, 0.25) is 0 Å². The Labute approximate surface area is 83.7 Å². The van der Waals surface area contributed by atoms with Gasteiger partial charge in [0.1, 0.15) is 0 Å². The van der Waals surface area contributed by atoms with Crippen LogP contribution in [-0.4, -0.2) is 46.8 Å². The quantitative estimate of drug-likeness (QED) is 0.264. The normalized spacial score (nSPS) is 14.3. The lowest BCUT2D eigenvalue weighted by atomic mass is 10.3. The first-order chi connectivity index (χ1) is 6.45. The van der Waals surface area contributed by atoms with Gasteiger partial charge in [-0.15, -0.1) is 0 Å². The maximum absolute atomic E-state index is 10.4. The Balaban J connectivity index is 3.18. The van der Waals surface area contributed by atoms with Crippen molar-refractivity contribution >= 4 is 7.60 Å². The first-order valence-corrected chi connectivity index (χ1v) is 6.39. The zero-order valence-corrected chi connectivity index (χ0v) is 8.99. The maximum Gasteiger partial charge on any atom is 0.325 e. The summed E-state index contributed by atoms with van der Waals surface area (Å²) in [5.74, 6) is 0. The Hall–Kier alpha value is 0.0300. The van der Waals surface area contributed by atoms with Gasteiger partial charge in [-0.2, -0.15) is 0 Å². The summed E-state index contributed by atoms with van der Waals surface area (Å²) in [4.78, 5) is 17.1. The summed E-state index contributed by atoms with van der Waals surface area (Å²) in [5.41, 5.74) is 5.18. The van der Waals surface area contributed by atoms with Gasteiger partial charge in [-0.05, 0) is 19.4 Å². The molecule has 0 radical (unpaired) electrons. The number of hydrogen-bond donors (Lipinski definition) is 5. The predicted molar refractivity (Wildman–Crippen MR) is 54.1 cm³/mol. The monoisotopic (exact) mass is 226 g/mol. The van der Waals surface area contributed by atoms with E-state index in [-0.39, 0.29) is 12.7 Å². The minimum absolute atomic E-state index is 0.0753. The van der Waals surface area contributed by atoms with Gasteiger partial charge in [0.25, 0.3) is 0 Å². The number of nitrogens with two attached hydrogens (primary N) is 1. The first-order valence-electron chi connectivity index (χ1n) is 4.59. The van der Waals surface area contributed by atoms with Crippen molar-refractivity contribution in [3.8, 4) is 0 Å². The number of hydrogen-bond acceptors (Lipinski definition) is 4. The van der Waals surface area contributed by atoms with E-state index in [1.54, 1.807) is 0 Å². The Morgan fingerprint density at radius 1 is 1.36 bits per heavy atom. The van der Waals surface area contributed by atoms with Crippen LogP contribution in [0.25, 0.3) is 0 Å². The van der Waals surface area contributed by atoms with E-state index in [4.69, 9.17) is 20.6 Å². The van der Waals surface area contributed by atoms with Crippen molar-refractivity contribution in [3.05, 3.63) is 0 Å². The van der Waals surface area contributed by atoms with E-state index < -0.39 is 13.7 Å². The lowest BCUT2D eigenvalue weighted by Gasteiger charge is -2.09. The van der Waals surface area contributed by atoms with Crippen LogP contribution >= 0.6 is 7.60 Å². The third kappa shape index (κ3) is 10.1. The Bertz CT molecular complexity index is 185. The van der Waals surface area contributed by atoms with E-state index >= 15 is 0 Å². The molecule has 0 aliphatic rings. The van der Waals surface area contributed by atoms with Gasteiger partial charge in [-0.1, -0.05) is 0 Å².